The van der Waals surface area contributed by atoms with Gasteiger partial charge in [-0.25, -0.2) is 0 Å². The fraction of sp³-hybridized carbons (Fsp3) is 0.450. The number of aliphatic carboxylic acids is 1. The number of nitrogens with one attached hydrogen (secondary N) is 1. The van der Waals surface area contributed by atoms with Crippen LogP contribution in [0.2, 0.25) is 0 Å². The molecule has 2 amide bonds. The number of allylic oxidation sites excluding steroid dienone is 2. The van der Waals surface area contributed by atoms with Gasteiger partial charge in [-0.1, -0.05) is 12.2 Å². The highest BCUT2D eigenvalue weighted by Crippen LogP contribution is 2.48. The van der Waals surface area contributed by atoms with Crippen LogP contribution in [-0.4, -0.2) is 49.2 Å². The monoisotopic (exact) mass is 385 g/mol. The fourth-order valence-electron chi connectivity index (χ4n) is 4.63. The van der Waals surface area contributed by atoms with Crippen LogP contribution in [0.25, 0.3) is 0 Å². The summed E-state index contributed by atoms with van der Waals surface area (Å²) in [5.74, 6) is -3.33. The number of hydrogen-bond acceptors (Lipinski definition) is 5. The van der Waals surface area contributed by atoms with Crippen LogP contribution in [-0.2, 0) is 14.3 Å². The topological polar surface area (TPSA) is 122 Å². The molecule has 1 aromatic carbocycles. The Bertz CT molecular complexity index is 846. The molecular formula is C20H23N3O5. The summed E-state index contributed by atoms with van der Waals surface area (Å²) in [6, 6.07) is 5.04. The Morgan fingerprint density at radius 1 is 1.11 bits per heavy atom. The number of nitrogens with two attached hydrogens (primary N) is 1. The van der Waals surface area contributed by atoms with Gasteiger partial charge in [0, 0.05) is 24.5 Å². The molecule has 2 aliphatic carbocycles. The van der Waals surface area contributed by atoms with Crippen molar-refractivity contribution in [3.8, 4) is 0 Å². The Morgan fingerprint density at radius 2 is 1.79 bits per heavy atom. The van der Waals surface area contributed by atoms with Gasteiger partial charge in [0.25, 0.3) is 5.91 Å². The van der Waals surface area contributed by atoms with Crippen molar-refractivity contribution >= 4 is 29.2 Å². The minimum absolute atomic E-state index is 0.0608. The SMILES string of the molecule is NC(=O)c1cc(NC(=O)[C@H]2[C@@H](C(=O)O)[C@H]3C=C[C@H]2C3)ccc1N1CCOCC1. The number of fused-ring (bicyclic) bond motifs is 2. The predicted octanol–water partition coefficient (Wildman–Crippen LogP) is 1.08. The maximum absolute atomic E-state index is 12.8. The van der Waals surface area contributed by atoms with Crippen molar-refractivity contribution in [1.82, 2.24) is 0 Å². The highest BCUT2D eigenvalue weighted by Gasteiger charge is 2.51. The summed E-state index contributed by atoms with van der Waals surface area (Å²) in [6.45, 7) is 2.46. The van der Waals surface area contributed by atoms with E-state index in [2.05, 4.69) is 5.32 Å². The molecule has 0 unspecified atom stereocenters. The first-order chi connectivity index (χ1) is 13.5. The van der Waals surface area contributed by atoms with Gasteiger partial charge in [0.15, 0.2) is 0 Å². The van der Waals surface area contributed by atoms with E-state index < -0.39 is 23.7 Å². The van der Waals surface area contributed by atoms with Gasteiger partial charge in [0.1, 0.15) is 0 Å². The molecule has 1 heterocycles. The van der Waals surface area contributed by atoms with Crippen LogP contribution in [0, 0.1) is 23.7 Å². The van der Waals surface area contributed by atoms with Crippen molar-refractivity contribution in [3.63, 3.8) is 0 Å². The molecule has 4 N–H and O–H groups in total. The second-order valence-electron chi connectivity index (χ2n) is 7.52. The van der Waals surface area contributed by atoms with Crippen LogP contribution in [0.4, 0.5) is 11.4 Å². The quantitative estimate of drug-likeness (QED) is 0.652. The summed E-state index contributed by atoms with van der Waals surface area (Å²) in [5.41, 5.74) is 7.02. The third kappa shape index (κ3) is 3.24. The zero-order valence-corrected chi connectivity index (χ0v) is 15.3. The van der Waals surface area contributed by atoms with E-state index in [4.69, 9.17) is 10.5 Å². The number of anilines is 2. The molecule has 8 heteroatoms. The predicted molar refractivity (Wildman–Crippen MR) is 102 cm³/mol. The van der Waals surface area contributed by atoms with Crippen molar-refractivity contribution < 1.29 is 24.2 Å². The van der Waals surface area contributed by atoms with Crippen molar-refractivity contribution in [2.75, 3.05) is 36.5 Å². The lowest BCUT2D eigenvalue weighted by atomic mass is 9.82. The van der Waals surface area contributed by atoms with Crippen LogP contribution in [0.15, 0.2) is 30.4 Å². The first kappa shape index (κ1) is 18.5. The first-order valence-corrected chi connectivity index (χ1v) is 9.44. The average molecular weight is 385 g/mol. The molecule has 1 saturated heterocycles. The molecule has 0 spiro atoms. The largest absolute Gasteiger partial charge is 0.481 e. The highest BCUT2D eigenvalue weighted by atomic mass is 16.5. The molecular weight excluding hydrogens is 362 g/mol. The Morgan fingerprint density at radius 3 is 2.43 bits per heavy atom. The third-order valence-electron chi connectivity index (χ3n) is 5.93. The molecule has 1 aliphatic heterocycles. The normalized spacial score (nSPS) is 28.4. The number of carboxylic acid groups (broad SMARTS) is 1. The molecule has 28 heavy (non-hydrogen) atoms. The van der Waals surface area contributed by atoms with E-state index in [0.29, 0.717) is 49.7 Å². The van der Waals surface area contributed by atoms with Gasteiger partial charge in [-0.2, -0.15) is 0 Å². The van der Waals surface area contributed by atoms with Gasteiger partial charge in [0.05, 0.1) is 30.6 Å². The van der Waals surface area contributed by atoms with E-state index in [1.54, 1.807) is 18.2 Å². The summed E-state index contributed by atoms with van der Waals surface area (Å²) in [7, 11) is 0. The lowest BCUT2D eigenvalue weighted by Crippen LogP contribution is -2.38. The Hall–Kier alpha value is -2.87. The number of benzene rings is 1. The van der Waals surface area contributed by atoms with Crippen LogP contribution in [0.5, 0.6) is 0 Å². The number of hydrogen-bond donors (Lipinski definition) is 3. The zero-order valence-electron chi connectivity index (χ0n) is 15.3. The third-order valence-corrected chi connectivity index (χ3v) is 5.93. The van der Waals surface area contributed by atoms with Crippen LogP contribution in [0.1, 0.15) is 16.8 Å². The lowest BCUT2D eigenvalue weighted by Gasteiger charge is -2.30. The first-order valence-electron chi connectivity index (χ1n) is 9.44. The maximum Gasteiger partial charge on any atom is 0.307 e. The van der Waals surface area contributed by atoms with E-state index in [1.165, 1.54) is 0 Å². The van der Waals surface area contributed by atoms with E-state index >= 15 is 0 Å². The standard InChI is InChI=1S/C20H23N3O5/c21-18(24)14-10-13(3-4-15(14)23-5-7-28-8-6-23)22-19(25)16-11-1-2-12(9-11)17(16)20(26)27/h1-4,10-12,16-17H,5-9H2,(H2,21,24)(H,22,25)(H,26,27)/t11-,12-,16+,17-/m0/s1. The summed E-state index contributed by atoms with van der Waals surface area (Å²) < 4.78 is 5.34. The molecule has 0 aromatic heterocycles. The van der Waals surface area contributed by atoms with E-state index in [0.717, 1.165) is 0 Å². The minimum atomic E-state index is -0.947. The van der Waals surface area contributed by atoms with Crippen molar-refractivity contribution in [2.24, 2.45) is 29.4 Å². The number of amides is 2. The molecule has 148 valence electrons. The average Bonchev–Trinajstić information content (AvgIpc) is 3.30. The molecule has 2 fully saturated rings. The summed E-state index contributed by atoms with van der Waals surface area (Å²) in [6.07, 6.45) is 4.53. The Balaban J connectivity index is 1.55. The molecule has 1 aromatic rings. The van der Waals surface area contributed by atoms with Gasteiger partial charge >= 0.3 is 5.97 Å². The van der Waals surface area contributed by atoms with E-state index in [-0.39, 0.29) is 17.7 Å². The van der Waals surface area contributed by atoms with Gasteiger partial charge in [-0.15, -0.1) is 0 Å². The van der Waals surface area contributed by atoms with Crippen LogP contribution >= 0.6 is 0 Å². The van der Waals surface area contributed by atoms with Gasteiger partial charge in [-0.05, 0) is 36.5 Å². The Kier molecular flexibility index (Phi) is 4.80. The molecule has 1 saturated carbocycles. The number of morpholine rings is 1. The van der Waals surface area contributed by atoms with E-state index in [9.17, 15) is 19.5 Å². The van der Waals surface area contributed by atoms with Gasteiger partial charge in [-0.3, -0.25) is 14.4 Å². The molecule has 8 nitrogen and oxygen atoms in total. The van der Waals surface area contributed by atoms with Crippen molar-refractivity contribution in [1.29, 1.82) is 0 Å². The number of carbonyl (C=O) groups excluding carboxylic acids is 2. The summed E-state index contributed by atoms with van der Waals surface area (Å²) in [4.78, 5) is 38.5. The number of rotatable bonds is 5. The van der Waals surface area contributed by atoms with Crippen LogP contribution < -0.4 is 16.0 Å². The number of carboxylic acids is 1. The summed E-state index contributed by atoms with van der Waals surface area (Å²) in [5, 5.41) is 12.3. The van der Waals surface area contributed by atoms with Crippen molar-refractivity contribution in [3.05, 3.63) is 35.9 Å². The second-order valence-corrected chi connectivity index (χ2v) is 7.52. The molecule has 4 rings (SSSR count). The molecule has 4 atom stereocenters. The van der Waals surface area contributed by atoms with Crippen molar-refractivity contribution in [2.45, 2.75) is 6.42 Å². The van der Waals surface area contributed by atoms with Crippen LogP contribution in [0.3, 0.4) is 0 Å². The Labute approximate surface area is 162 Å². The number of carbonyl (C=O) groups is 3. The highest BCUT2D eigenvalue weighted by molar-refractivity contribution is 6.02. The second kappa shape index (κ2) is 7.27. The smallest absolute Gasteiger partial charge is 0.307 e. The molecule has 2 bridgehead atoms. The minimum Gasteiger partial charge on any atom is -0.481 e. The molecule has 0 radical (unpaired) electrons. The van der Waals surface area contributed by atoms with Gasteiger partial charge < -0.3 is 25.8 Å². The van der Waals surface area contributed by atoms with E-state index in [1.807, 2.05) is 17.1 Å². The number of primary amides is 1. The number of nitrogens with zero attached hydrogens (tertiary/aromatic N) is 1. The van der Waals surface area contributed by atoms with Gasteiger partial charge in [0.2, 0.25) is 5.91 Å². The summed E-state index contributed by atoms with van der Waals surface area (Å²) >= 11 is 0. The number of ether oxygens (including phenoxy) is 1. The fourth-order valence-corrected chi connectivity index (χ4v) is 4.63. The zero-order chi connectivity index (χ0) is 19.8. The maximum atomic E-state index is 12.8. The lowest BCUT2D eigenvalue weighted by molar-refractivity contribution is -0.146. The molecule has 3 aliphatic rings.